The number of likely N-dealkylation sites (N-methyl/N-ethyl adjacent to an activating group) is 1. The molecule has 2 heterocycles. The average Bonchev–Trinajstić information content (AvgIpc) is 3.18. The summed E-state index contributed by atoms with van der Waals surface area (Å²) in [4.78, 5) is 14.8. The number of hydrogen-bond acceptors (Lipinski definition) is 4. The minimum atomic E-state index is -0.0351. The zero-order chi connectivity index (χ0) is 16.2. The van der Waals surface area contributed by atoms with Gasteiger partial charge < -0.3 is 15.0 Å². The number of hydrogen-bond donors (Lipinski definition) is 1. The number of carbonyl (C=O) groups is 1. The summed E-state index contributed by atoms with van der Waals surface area (Å²) in [5, 5.41) is 7.27. The Kier molecular flexibility index (Phi) is 5.10. The van der Waals surface area contributed by atoms with Crippen LogP contribution in [0.15, 0.2) is 41.1 Å². The Morgan fingerprint density at radius 1 is 1.35 bits per heavy atom. The van der Waals surface area contributed by atoms with Crippen LogP contribution in [0.2, 0.25) is 0 Å². The first kappa shape index (κ1) is 16.2. The molecule has 23 heavy (non-hydrogen) atoms. The van der Waals surface area contributed by atoms with Crippen molar-refractivity contribution >= 4 is 17.2 Å². The van der Waals surface area contributed by atoms with Crippen LogP contribution < -0.4 is 5.32 Å². The molecule has 1 aromatic carbocycles. The van der Waals surface area contributed by atoms with Crippen molar-refractivity contribution in [1.29, 1.82) is 0 Å². The fourth-order valence-electron chi connectivity index (χ4n) is 3.00. The van der Waals surface area contributed by atoms with Crippen molar-refractivity contribution in [2.24, 2.45) is 0 Å². The minimum Gasteiger partial charge on any atom is -0.375 e. The van der Waals surface area contributed by atoms with Gasteiger partial charge in [0.1, 0.15) is 0 Å². The summed E-state index contributed by atoms with van der Waals surface area (Å²) in [6.07, 6.45) is 0.0639. The maximum absolute atomic E-state index is 12.6. The van der Waals surface area contributed by atoms with Gasteiger partial charge in [-0.2, -0.15) is 11.3 Å². The summed E-state index contributed by atoms with van der Waals surface area (Å²) in [7, 11) is 2.05. The van der Waals surface area contributed by atoms with Crippen molar-refractivity contribution in [2.45, 2.75) is 19.1 Å². The Bertz CT molecular complexity index is 657. The summed E-state index contributed by atoms with van der Waals surface area (Å²) >= 11 is 1.66. The summed E-state index contributed by atoms with van der Waals surface area (Å²) in [6, 6.07) is 9.88. The van der Waals surface area contributed by atoms with Crippen LogP contribution >= 0.6 is 11.3 Å². The van der Waals surface area contributed by atoms with E-state index in [2.05, 4.69) is 28.7 Å². The maximum Gasteiger partial charge on any atom is 0.251 e. The molecule has 2 aromatic rings. The van der Waals surface area contributed by atoms with Gasteiger partial charge in [0.05, 0.1) is 12.1 Å². The molecule has 1 amide bonds. The lowest BCUT2D eigenvalue weighted by molar-refractivity contribution is 0.0513. The molecule has 0 radical (unpaired) electrons. The molecule has 122 valence electrons. The normalized spacial score (nSPS) is 21.5. The van der Waals surface area contributed by atoms with Gasteiger partial charge in [0.2, 0.25) is 0 Å². The van der Waals surface area contributed by atoms with Gasteiger partial charge in [-0.1, -0.05) is 12.1 Å². The fourth-order valence-corrected chi connectivity index (χ4v) is 3.67. The summed E-state index contributed by atoms with van der Waals surface area (Å²) < 4.78 is 5.75. The van der Waals surface area contributed by atoms with Gasteiger partial charge in [0.25, 0.3) is 5.91 Å². The van der Waals surface area contributed by atoms with E-state index in [4.69, 9.17) is 4.74 Å². The SMILES string of the molecule is CCO[C@H]1CN(C)C[C@@H]1NC(=O)c1cccc(-c2ccsc2)c1. The predicted molar refractivity (Wildman–Crippen MR) is 93.9 cm³/mol. The van der Waals surface area contributed by atoms with Crippen molar-refractivity contribution in [3.8, 4) is 11.1 Å². The van der Waals surface area contributed by atoms with E-state index in [0.717, 1.165) is 24.2 Å². The highest BCUT2D eigenvalue weighted by Crippen LogP contribution is 2.23. The Morgan fingerprint density at radius 2 is 2.22 bits per heavy atom. The minimum absolute atomic E-state index is 0.0351. The Labute approximate surface area is 141 Å². The third-order valence-corrected chi connectivity index (χ3v) is 4.81. The largest absolute Gasteiger partial charge is 0.375 e. The highest BCUT2D eigenvalue weighted by molar-refractivity contribution is 7.08. The van der Waals surface area contributed by atoms with E-state index in [-0.39, 0.29) is 18.1 Å². The number of rotatable bonds is 5. The van der Waals surface area contributed by atoms with E-state index >= 15 is 0 Å². The van der Waals surface area contributed by atoms with Gasteiger partial charge in [-0.05, 0) is 54.1 Å². The Balaban J connectivity index is 1.72. The first-order valence-corrected chi connectivity index (χ1v) is 8.85. The van der Waals surface area contributed by atoms with Crippen LogP contribution in [0.3, 0.4) is 0 Å². The molecule has 1 N–H and O–H groups in total. The highest BCUT2D eigenvalue weighted by Gasteiger charge is 2.32. The number of nitrogens with zero attached hydrogens (tertiary/aromatic N) is 1. The zero-order valence-electron chi connectivity index (χ0n) is 13.5. The van der Waals surface area contributed by atoms with Gasteiger partial charge in [-0.25, -0.2) is 0 Å². The standard InChI is InChI=1S/C18H22N2O2S/c1-3-22-17-11-20(2)10-16(17)19-18(21)14-6-4-5-13(9-14)15-7-8-23-12-15/h4-9,12,16-17H,3,10-11H2,1-2H3,(H,19,21)/t16-,17-/m0/s1. The van der Waals surface area contributed by atoms with Crippen LogP contribution in [-0.2, 0) is 4.74 Å². The van der Waals surface area contributed by atoms with E-state index in [1.807, 2.05) is 36.6 Å². The van der Waals surface area contributed by atoms with E-state index in [9.17, 15) is 4.79 Å². The van der Waals surface area contributed by atoms with Gasteiger partial charge in [0.15, 0.2) is 0 Å². The van der Waals surface area contributed by atoms with Crippen LogP contribution in [0.5, 0.6) is 0 Å². The molecule has 1 aliphatic rings. The Morgan fingerprint density at radius 3 is 2.96 bits per heavy atom. The molecule has 2 atom stereocenters. The molecule has 1 saturated heterocycles. The van der Waals surface area contributed by atoms with Crippen molar-refractivity contribution < 1.29 is 9.53 Å². The third-order valence-electron chi connectivity index (χ3n) is 4.13. The van der Waals surface area contributed by atoms with Crippen molar-refractivity contribution in [1.82, 2.24) is 10.2 Å². The second kappa shape index (κ2) is 7.25. The molecular formula is C18H22N2O2S. The summed E-state index contributed by atoms with van der Waals surface area (Å²) in [6.45, 7) is 4.33. The van der Waals surface area contributed by atoms with E-state index in [0.29, 0.717) is 12.2 Å². The quantitative estimate of drug-likeness (QED) is 0.916. The van der Waals surface area contributed by atoms with Crippen LogP contribution in [0.1, 0.15) is 17.3 Å². The molecule has 3 rings (SSSR count). The number of thiophene rings is 1. The van der Waals surface area contributed by atoms with Crippen LogP contribution in [-0.4, -0.2) is 49.7 Å². The first-order valence-electron chi connectivity index (χ1n) is 7.91. The monoisotopic (exact) mass is 330 g/mol. The summed E-state index contributed by atoms with van der Waals surface area (Å²) in [5.41, 5.74) is 2.92. The predicted octanol–water partition coefficient (Wildman–Crippen LogP) is 2.86. The fraction of sp³-hybridized carbons (Fsp3) is 0.389. The second-order valence-electron chi connectivity index (χ2n) is 5.89. The van der Waals surface area contributed by atoms with Gasteiger partial charge in [-0.15, -0.1) is 0 Å². The third kappa shape index (κ3) is 3.80. The Hall–Kier alpha value is -1.69. The molecule has 5 heteroatoms. The number of benzene rings is 1. The number of carbonyl (C=O) groups excluding carboxylic acids is 1. The van der Waals surface area contributed by atoms with Crippen molar-refractivity contribution in [3.05, 3.63) is 46.7 Å². The molecule has 0 aliphatic carbocycles. The van der Waals surface area contributed by atoms with Crippen LogP contribution in [0.4, 0.5) is 0 Å². The van der Waals surface area contributed by atoms with E-state index in [1.165, 1.54) is 0 Å². The average molecular weight is 330 g/mol. The number of ether oxygens (including phenoxy) is 1. The lowest BCUT2D eigenvalue weighted by Crippen LogP contribution is -2.43. The molecule has 1 aromatic heterocycles. The van der Waals surface area contributed by atoms with Crippen LogP contribution in [0, 0.1) is 0 Å². The van der Waals surface area contributed by atoms with Gasteiger partial charge >= 0.3 is 0 Å². The molecule has 0 saturated carbocycles. The van der Waals surface area contributed by atoms with Crippen molar-refractivity contribution in [3.63, 3.8) is 0 Å². The first-order chi connectivity index (χ1) is 11.2. The molecule has 4 nitrogen and oxygen atoms in total. The summed E-state index contributed by atoms with van der Waals surface area (Å²) in [5.74, 6) is -0.0351. The number of likely N-dealkylation sites (tertiary alicyclic amines) is 1. The molecular weight excluding hydrogens is 308 g/mol. The zero-order valence-corrected chi connectivity index (χ0v) is 14.3. The van der Waals surface area contributed by atoms with Gasteiger partial charge in [0, 0.05) is 25.3 Å². The van der Waals surface area contributed by atoms with E-state index in [1.54, 1.807) is 11.3 Å². The van der Waals surface area contributed by atoms with E-state index < -0.39 is 0 Å². The molecule has 0 bridgehead atoms. The highest BCUT2D eigenvalue weighted by atomic mass is 32.1. The molecule has 0 spiro atoms. The lowest BCUT2D eigenvalue weighted by Gasteiger charge is -2.20. The maximum atomic E-state index is 12.6. The second-order valence-corrected chi connectivity index (χ2v) is 6.67. The molecule has 0 unspecified atom stereocenters. The van der Waals surface area contributed by atoms with Crippen molar-refractivity contribution in [2.75, 3.05) is 26.7 Å². The smallest absolute Gasteiger partial charge is 0.251 e. The topological polar surface area (TPSA) is 41.6 Å². The number of amides is 1. The lowest BCUT2D eigenvalue weighted by atomic mass is 10.1. The van der Waals surface area contributed by atoms with Gasteiger partial charge in [-0.3, -0.25) is 4.79 Å². The van der Waals surface area contributed by atoms with Crippen LogP contribution in [0.25, 0.3) is 11.1 Å². The molecule has 1 aliphatic heterocycles. The molecule has 1 fully saturated rings. The number of nitrogens with one attached hydrogen (secondary N) is 1.